The number of fused-ring (bicyclic) bond motifs is 2. The Balaban J connectivity index is 1.50. The molecule has 0 heterocycles. The molecule has 22 heavy (non-hydrogen) atoms. The van der Waals surface area contributed by atoms with E-state index in [1.54, 1.807) is 0 Å². The number of carbonyl (C=O) groups excluding carboxylic acids is 2. The quantitative estimate of drug-likeness (QED) is 0.929. The third-order valence-corrected chi connectivity index (χ3v) is 5.37. The summed E-state index contributed by atoms with van der Waals surface area (Å²) in [4.78, 5) is 24.2. The molecular weight excluding hydrogens is 274 g/mol. The first-order valence-electron chi connectivity index (χ1n) is 8.42. The SMILES string of the molecule is Cc1ccc(CCNC(=O)C2CC3CCC(C2)C3=O)c(C)c1. The van der Waals surface area contributed by atoms with E-state index in [9.17, 15) is 9.59 Å². The second-order valence-electron chi connectivity index (χ2n) is 7.01. The van der Waals surface area contributed by atoms with Crippen LogP contribution >= 0.6 is 0 Å². The molecule has 0 saturated heterocycles. The van der Waals surface area contributed by atoms with Gasteiger partial charge in [-0.25, -0.2) is 0 Å². The highest BCUT2D eigenvalue weighted by Gasteiger charge is 2.43. The van der Waals surface area contributed by atoms with Gasteiger partial charge >= 0.3 is 0 Å². The maximum Gasteiger partial charge on any atom is 0.223 e. The van der Waals surface area contributed by atoms with E-state index in [2.05, 4.69) is 37.4 Å². The lowest BCUT2D eigenvalue weighted by Gasteiger charge is -2.25. The highest BCUT2D eigenvalue weighted by Crippen LogP contribution is 2.41. The van der Waals surface area contributed by atoms with Crippen molar-refractivity contribution in [1.82, 2.24) is 5.32 Å². The van der Waals surface area contributed by atoms with Gasteiger partial charge in [-0.05, 0) is 57.1 Å². The summed E-state index contributed by atoms with van der Waals surface area (Å²) in [5.41, 5.74) is 3.85. The molecule has 2 aliphatic carbocycles. The first-order chi connectivity index (χ1) is 10.5. The molecule has 2 saturated carbocycles. The van der Waals surface area contributed by atoms with E-state index in [0.717, 1.165) is 32.1 Å². The van der Waals surface area contributed by atoms with E-state index in [1.165, 1.54) is 16.7 Å². The van der Waals surface area contributed by atoms with Crippen LogP contribution in [0.15, 0.2) is 18.2 Å². The minimum atomic E-state index is 0.0503. The number of benzene rings is 1. The molecule has 3 nitrogen and oxygen atoms in total. The van der Waals surface area contributed by atoms with Gasteiger partial charge in [-0.3, -0.25) is 9.59 Å². The van der Waals surface area contributed by atoms with Crippen molar-refractivity contribution < 1.29 is 9.59 Å². The normalized spacial score (nSPS) is 27.0. The summed E-state index contributed by atoms with van der Waals surface area (Å²) in [5, 5.41) is 3.08. The van der Waals surface area contributed by atoms with Gasteiger partial charge in [0.1, 0.15) is 5.78 Å². The van der Waals surface area contributed by atoms with Gasteiger partial charge in [0.15, 0.2) is 0 Å². The van der Waals surface area contributed by atoms with Gasteiger partial charge in [0.05, 0.1) is 0 Å². The summed E-state index contributed by atoms with van der Waals surface area (Å²) < 4.78 is 0. The number of rotatable bonds is 4. The first kappa shape index (κ1) is 15.3. The van der Waals surface area contributed by atoms with E-state index in [1.807, 2.05) is 0 Å². The van der Waals surface area contributed by atoms with Crippen LogP contribution in [0, 0.1) is 31.6 Å². The van der Waals surface area contributed by atoms with E-state index >= 15 is 0 Å². The number of ketones is 1. The fourth-order valence-electron chi connectivity index (χ4n) is 4.08. The molecule has 2 fully saturated rings. The average Bonchev–Trinajstić information content (AvgIpc) is 2.71. The predicted octanol–water partition coefficient (Wildman–Crippen LogP) is 2.97. The molecule has 2 atom stereocenters. The van der Waals surface area contributed by atoms with Crippen LogP contribution in [-0.4, -0.2) is 18.2 Å². The van der Waals surface area contributed by atoms with Gasteiger partial charge in [0.2, 0.25) is 5.91 Å². The van der Waals surface area contributed by atoms with Crippen LogP contribution < -0.4 is 5.32 Å². The van der Waals surface area contributed by atoms with Crippen molar-refractivity contribution in [2.24, 2.45) is 17.8 Å². The lowest BCUT2D eigenvalue weighted by atomic mass is 9.79. The second kappa shape index (κ2) is 6.23. The highest BCUT2D eigenvalue weighted by atomic mass is 16.2. The maximum atomic E-state index is 12.3. The molecule has 118 valence electrons. The summed E-state index contributed by atoms with van der Waals surface area (Å²) >= 11 is 0. The van der Waals surface area contributed by atoms with Crippen LogP contribution in [0.4, 0.5) is 0 Å². The van der Waals surface area contributed by atoms with Crippen molar-refractivity contribution in [3.63, 3.8) is 0 Å². The number of carbonyl (C=O) groups is 2. The molecule has 2 bridgehead atoms. The zero-order chi connectivity index (χ0) is 15.7. The maximum absolute atomic E-state index is 12.3. The van der Waals surface area contributed by atoms with Crippen LogP contribution in [0.3, 0.4) is 0 Å². The third kappa shape index (κ3) is 3.08. The van der Waals surface area contributed by atoms with E-state index in [0.29, 0.717) is 12.3 Å². The minimum Gasteiger partial charge on any atom is -0.356 e. The van der Waals surface area contributed by atoms with Gasteiger partial charge in [-0.1, -0.05) is 23.8 Å². The smallest absolute Gasteiger partial charge is 0.223 e. The van der Waals surface area contributed by atoms with Gasteiger partial charge < -0.3 is 5.32 Å². The molecule has 0 radical (unpaired) electrons. The predicted molar refractivity (Wildman–Crippen MR) is 86.6 cm³/mol. The standard InChI is InChI=1S/C19H25NO2/c1-12-3-4-14(13(2)9-12)7-8-20-19(22)17-10-15-5-6-16(11-17)18(15)21/h3-4,9,15-17H,5-8,10-11H2,1-2H3,(H,20,22). The lowest BCUT2D eigenvalue weighted by molar-refractivity contribution is -0.132. The summed E-state index contributed by atoms with van der Waals surface area (Å²) in [7, 11) is 0. The molecule has 0 aliphatic heterocycles. The Morgan fingerprint density at radius 1 is 1.18 bits per heavy atom. The zero-order valence-electron chi connectivity index (χ0n) is 13.5. The van der Waals surface area contributed by atoms with Crippen molar-refractivity contribution in [3.05, 3.63) is 34.9 Å². The fourth-order valence-corrected chi connectivity index (χ4v) is 4.08. The number of hydrogen-bond acceptors (Lipinski definition) is 2. The molecule has 3 rings (SSSR count). The molecule has 2 aliphatic rings. The van der Waals surface area contributed by atoms with Crippen LogP contribution in [0.25, 0.3) is 0 Å². The Bertz CT molecular complexity index is 577. The van der Waals surface area contributed by atoms with Gasteiger partial charge in [0, 0.05) is 24.3 Å². The lowest BCUT2D eigenvalue weighted by Crippen LogP contribution is -2.38. The minimum absolute atomic E-state index is 0.0503. The Kier molecular flexibility index (Phi) is 4.32. The topological polar surface area (TPSA) is 46.2 Å². The Labute approximate surface area is 132 Å². The number of nitrogens with one attached hydrogen (secondary N) is 1. The molecule has 3 heteroatoms. The van der Waals surface area contributed by atoms with E-state index < -0.39 is 0 Å². The molecule has 1 aromatic rings. The van der Waals surface area contributed by atoms with Gasteiger partial charge in [-0.2, -0.15) is 0 Å². The number of amides is 1. The number of aryl methyl sites for hydroxylation is 2. The summed E-state index contributed by atoms with van der Waals surface area (Å²) in [6, 6.07) is 6.45. The van der Waals surface area contributed by atoms with Crippen LogP contribution in [0.2, 0.25) is 0 Å². The Morgan fingerprint density at radius 3 is 2.50 bits per heavy atom. The van der Waals surface area contributed by atoms with Crippen molar-refractivity contribution in [2.75, 3.05) is 6.54 Å². The zero-order valence-corrected chi connectivity index (χ0v) is 13.5. The molecule has 2 unspecified atom stereocenters. The molecule has 1 aromatic carbocycles. The van der Waals surface area contributed by atoms with E-state index in [-0.39, 0.29) is 23.7 Å². The second-order valence-corrected chi connectivity index (χ2v) is 7.01. The van der Waals surface area contributed by atoms with Crippen molar-refractivity contribution in [1.29, 1.82) is 0 Å². The average molecular weight is 299 g/mol. The molecule has 1 N–H and O–H groups in total. The molecule has 0 spiro atoms. The van der Waals surface area contributed by atoms with Crippen molar-refractivity contribution >= 4 is 11.7 Å². The Morgan fingerprint density at radius 2 is 1.86 bits per heavy atom. The fraction of sp³-hybridized carbons (Fsp3) is 0.579. The van der Waals surface area contributed by atoms with Crippen LogP contribution in [0.1, 0.15) is 42.4 Å². The number of Topliss-reactive ketones (excluding diaryl/α,β-unsaturated/α-hetero) is 1. The summed E-state index contributed by atoms with van der Waals surface area (Å²) in [5.74, 6) is 0.936. The largest absolute Gasteiger partial charge is 0.356 e. The monoisotopic (exact) mass is 299 g/mol. The molecule has 0 aromatic heterocycles. The summed E-state index contributed by atoms with van der Waals surface area (Å²) in [6.07, 6.45) is 4.40. The van der Waals surface area contributed by atoms with Crippen LogP contribution in [-0.2, 0) is 16.0 Å². The number of hydrogen-bond donors (Lipinski definition) is 1. The highest BCUT2D eigenvalue weighted by molar-refractivity contribution is 5.89. The van der Waals surface area contributed by atoms with Gasteiger partial charge in [0.25, 0.3) is 0 Å². The molecular formula is C19H25NO2. The Hall–Kier alpha value is -1.64. The van der Waals surface area contributed by atoms with Crippen molar-refractivity contribution in [3.8, 4) is 0 Å². The van der Waals surface area contributed by atoms with Gasteiger partial charge in [-0.15, -0.1) is 0 Å². The molecule has 1 amide bonds. The third-order valence-electron chi connectivity index (χ3n) is 5.37. The summed E-state index contributed by atoms with van der Waals surface area (Å²) in [6.45, 7) is 4.90. The van der Waals surface area contributed by atoms with Crippen LogP contribution in [0.5, 0.6) is 0 Å². The van der Waals surface area contributed by atoms with E-state index in [4.69, 9.17) is 0 Å². The van der Waals surface area contributed by atoms with Crippen molar-refractivity contribution in [2.45, 2.75) is 46.0 Å². The first-order valence-corrected chi connectivity index (χ1v) is 8.42.